The second kappa shape index (κ2) is 4.40. The van der Waals surface area contributed by atoms with Gasteiger partial charge in [-0.25, -0.2) is 8.78 Å². The molecule has 0 amide bonds. The Kier molecular flexibility index (Phi) is 2.74. The maximum Gasteiger partial charge on any atom is 0.128 e. The van der Waals surface area contributed by atoms with Crippen molar-refractivity contribution in [3.63, 3.8) is 0 Å². The van der Waals surface area contributed by atoms with Gasteiger partial charge in [0, 0.05) is 18.2 Å². The van der Waals surface area contributed by atoms with Crippen molar-refractivity contribution in [1.29, 1.82) is 0 Å². The van der Waals surface area contributed by atoms with E-state index in [1.54, 1.807) is 6.20 Å². The van der Waals surface area contributed by atoms with Gasteiger partial charge in [-0.05, 0) is 31.0 Å². The van der Waals surface area contributed by atoms with Crippen LogP contribution >= 0.6 is 0 Å². The SMILES string of the molecule is Fc1ccc(F)c(C2CCCN2c2ccn[nH]2)c1. The Labute approximate surface area is 103 Å². The minimum atomic E-state index is -0.400. The number of benzene rings is 1. The highest BCUT2D eigenvalue weighted by Gasteiger charge is 2.29. The first-order valence-corrected chi connectivity index (χ1v) is 5.96. The lowest BCUT2D eigenvalue weighted by Crippen LogP contribution is -2.23. The Morgan fingerprint density at radius 1 is 1.28 bits per heavy atom. The molecule has 0 aliphatic carbocycles. The molecule has 0 spiro atoms. The van der Waals surface area contributed by atoms with Gasteiger partial charge < -0.3 is 4.90 Å². The molecule has 1 unspecified atom stereocenters. The fourth-order valence-electron chi connectivity index (χ4n) is 2.56. The first kappa shape index (κ1) is 11.2. The monoisotopic (exact) mass is 249 g/mol. The van der Waals surface area contributed by atoms with E-state index in [0.717, 1.165) is 31.3 Å². The Morgan fingerprint density at radius 3 is 2.94 bits per heavy atom. The zero-order chi connectivity index (χ0) is 12.5. The lowest BCUT2D eigenvalue weighted by atomic mass is 10.0. The van der Waals surface area contributed by atoms with E-state index in [1.807, 2.05) is 11.0 Å². The minimum Gasteiger partial charge on any atom is -0.350 e. The normalized spacial score (nSPS) is 19.4. The smallest absolute Gasteiger partial charge is 0.128 e. The zero-order valence-electron chi connectivity index (χ0n) is 9.74. The number of hydrogen-bond donors (Lipinski definition) is 1. The van der Waals surface area contributed by atoms with Crippen molar-refractivity contribution in [3.05, 3.63) is 47.7 Å². The third kappa shape index (κ3) is 1.85. The predicted octanol–water partition coefficient (Wildman–Crippen LogP) is 3.03. The molecule has 1 N–H and O–H groups in total. The Bertz CT molecular complexity index is 539. The fraction of sp³-hybridized carbons (Fsp3) is 0.308. The molecule has 0 bridgehead atoms. The number of halogens is 2. The quantitative estimate of drug-likeness (QED) is 0.887. The number of nitrogens with one attached hydrogen (secondary N) is 1. The predicted molar refractivity (Wildman–Crippen MR) is 64.3 cm³/mol. The zero-order valence-corrected chi connectivity index (χ0v) is 9.74. The number of aromatic amines is 1. The average Bonchev–Trinajstić information content (AvgIpc) is 3.00. The highest BCUT2D eigenvalue weighted by molar-refractivity contribution is 5.43. The van der Waals surface area contributed by atoms with Crippen LogP contribution in [0.1, 0.15) is 24.4 Å². The molecule has 2 aromatic rings. The maximum absolute atomic E-state index is 13.8. The molecule has 3 rings (SSSR count). The summed E-state index contributed by atoms with van der Waals surface area (Å²) in [6.07, 6.45) is 3.44. The van der Waals surface area contributed by atoms with E-state index in [1.165, 1.54) is 12.1 Å². The number of aromatic nitrogens is 2. The van der Waals surface area contributed by atoms with Crippen LogP contribution in [0.25, 0.3) is 0 Å². The van der Waals surface area contributed by atoms with Crippen LogP contribution < -0.4 is 4.90 Å². The first-order chi connectivity index (χ1) is 8.75. The summed E-state index contributed by atoms with van der Waals surface area (Å²) in [5.41, 5.74) is 0.419. The van der Waals surface area contributed by atoms with Crippen LogP contribution in [0.3, 0.4) is 0 Å². The third-order valence-corrected chi connectivity index (χ3v) is 3.37. The van der Waals surface area contributed by atoms with Gasteiger partial charge in [-0.1, -0.05) is 0 Å². The van der Waals surface area contributed by atoms with E-state index in [9.17, 15) is 8.78 Å². The van der Waals surface area contributed by atoms with Crippen LogP contribution in [0.15, 0.2) is 30.5 Å². The Hall–Kier alpha value is -1.91. The molecule has 94 valence electrons. The molecule has 1 atom stereocenters. The van der Waals surface area contributed by atoms with Crippen LogP contribution in [0.4, 0.5) is 14.6 Å². The van der Waals surface area contributed by atoms with E-state index in [-0.39, 0.29) is 11.9 Å². The molecule has 1 fully saturated rings. The van der Waals surface area contributed by atoms with Gasteiger partial charge >= 0.3 is 0 Å². The van der Waals surface area contributed by atoms with Crippen LogP contribution in [0.5, 0.6) is 0 Å². The van der Waals surface area contributed by atoms with Crippen molar-refractivity contribution >= 4 is 5.82 Å². The molecule has 1 aromatic heterocycles. The third-order valence-electron chi connectivity index (χ3n) is 3.37. The standard InChI is InChI=1S/C13H13F2N3/c14-9-3-4-11(15)10(8-9)12-2-1-7-18(12)13-5-6-16-17-13/h3-6,8,12H,1-2,7H2,(H,16,17). The van der Waals surface area contributed by atoms with Crippen molar-refractivity contribution < 1.29 is 8.78 Å². The first-order valence-electron chi connectivity index (χ1n) is 5.96. The van der Waals surface area contributed by atoms with Gasteiger partial charge in [-0.3, -0.25) is 5.10 Å². The maximum atomic E-state index is 13.8. The molecule has 2 heterocycles. The molecule has 0 saturated carbocycles. The second-order valence-corrected chi connectivity index (χ2v) is 4.46. The summed E-state index contributed by atoms with van der Waals surface area (Å²) in [4.78, 5) is 2.03. The average molecular weight is 249 g/mol. The fourth-order valence-corrected chi connectivity index (χ4v) is 2.56. The van der Waals surface area contributed by atoms with Gasteiger partial charge in [0.25, 0.3) is 0 Å². The summed E-state index contributed by atoms with van der Waals surface area (Å²) < 4.78 is 27.1. The number of H-pyrrole nitrogens is 1. The van der Waals surface area contributed by atoms with E-state index >= 15 is 0 Å². The van der Waals surface area contributed by atoms with E-state index in [0.29, 0.717) is 5.56 Å². The molecule has 1 aliphatic heterocycles. The molecule has 18 heavy (non-hydrogen) atoms. The molecule has 0 radical (unpaired) electrons. The molecular formula is C13H13F2N3. The van der Waals surface area contributed by atoms with Gasteiger partial charge in [0.15, 0.2) is 0 Å². The van der Waals surface area contributed by atoms with Gasteiger partial charge in [0.1, 0.15) is 17.5 Å². The van der Waals surface area contributed by atoms with Crippen molar-refractivity contribution in [1.82, 2.24) is 10.2 Å². The van der Waals surface area contributed by atoms with Crippen molar-refractivity contribution in [3.8, 4) is 0 Å². The van der Waals surface area contributed by atoms with Crippen molar-refractivity contribution in [2.75, 3.05) is 11.4 Å². The van der Waals surface area contributed by atoms with Crippen LogP contribution in [0.2, 0.25) is 0 Å². The van der Waals surface area contributed by atoms with Crippen LogP contribution in [0, 0.1) is 11.6 Å². The summed E-state index contributed by atoms with van der Waals surface area (Å²) >= 11 is 0. The number of nitrogens with zero attached hydrogens (tertiary/aromatic N) is 2. The minimum absolute atomic E-state index is 0.124. The van der Waals surface area contributed by atoms with Crippen LogP contribution in [-0.4, -0.2) is 16.7 Å². The summed E-state index contributed by atoms with van der Waals surface area (Å²) in [5, 5.41) is 6.77. The molecule has 3 nitrogen and oxygen atoms in total. The van der Waals surface area contributed by atoms with Gasteiger partial charge in [0.2, 0.25) is 0 Å². The highest BCUT2D eigenvalue weighted by Crippen LogP contribution is 2.36. The number of rotatable bonds is 2. The van der Waals surface area contributed by atoms with Gasteiger partial charge in [0.05, 0.1) is 12.2 Å². The van der Waals surface area contributed by atoms with E-state index < -0.39 is 5.82 Å². The summed E-state index contributed by atoms with van der Waals surface area (Å²) in [7, 11) is 0. The van der Waals surface area contributed by atoms with E-state index in [4.69, 9.17) is 0 Å². The molecule has 5 heteroatoms. The molecular weight excluding hydrogens is 236 g/mol. The summed E-state index contributed by atoms with van der Waals surface area (Å²) in [5.74, 6) is 0.0943. The second-order valence-electron chi connectivity index (χ2n) is 4.46. The number of anilines is 1. The highest BCUT2D eigenvalue weighted by atomic mass is 19.1. The molecule has 1 saturated heterocycles. The lowest BCUT2D eigenvalue weighted by Gasteiger charge is -2.25. The van der Waals surface area contributed by atoms with Crippen molar-refractivity contribution in [2.24, 2.45) is 0 Å². The molecule has 1 aromatic carbocycles. The Balaban J connectivity index is 1.97. The number of hydrogen-bond acceptors (Lipinski definition) is 2. The summed E-state index contributed by atoms with van der Waals surface area (Å²) in [6.45, 7) is 0.822. The van der Waals surface area contributed by atoms with Crippen molar-refractivity contribution in [2.45, 2.75) is 18.9 Å². The largest absolute Gasteiger partial charge is 0.350 e. The molecule has 1 aliphatic rings. The van der Waals surface area contributed by atoms with E-state index in [2.05, 4.69) is 10.2 Å². The van der Waals surface area contributed by atoms with Crippen LogP contribution in [-0.2, 0) is 0 Å². The summed E-state index contributed by atoms with van der Waals surface area (Å²) in [6, 6.07) is 5.34. The van der Waals surface area contributed by atoms with Gasteiger partial charge in [-0.15, -0.1) is 0 Å². The Morgan fingerprint density at radius 2 is 2.17 bits per heavy atom. The topological polar surface area (TPSA) is 31.9 Å². The van der Waals surface area contributed by atoms with Gasteiger partial charge in [-0.2, -0.15) is 5.10 Å². The lowest BCUT2D eigenvalue weighted by molar-refractivity contribution is 0.560.